The predicted molar refractivity (Wildman–Crippen MR) is 90.7 cm³/mol. The highest BCUT2D eigenvalue weighted by Gasteiger charge is 2.39. The first kappa shape index (κ1) is 14.1. The van der Waals surface area contributed by atoms with Gasteiger partial charge in [-0.25, -0.2) is 0 Å². The van der Waals surface area contributed by atoms with E-state index >= 15 is 0 Å². The number of carbonyl (C=O) groups excluding carboxylic acids is 1. The Bertz CT molecular complexity index is 608. The minimum Gasteiger partial charge on any atom is -0.361 e. The molecule has 0 saturated carbocycles. The maximum atomic E-state index is 13.0. The van der Waals surface area contributed by atoms with Crippen molar-refractivity contribution >= 4 is 39.3 Å². The number of hydrogen-bond acceptors (Lipinski definition) is 2. The lowest BCUT2D eigenvalue weighted by atomic mass is 9.72. The smallest absolute Gasteiger partial charge is 0.170 e. The fraction of sp³-hybridized carbons (Fsp3) is 0.438. The summed E-state index contributed by atoms with van der Waals surface area (Å²) in [6.07, 6.45) is 4.98. The van der Waals surface area contributed by atoms with Gasteiger partial charge >= 0.3 is 0 Å². The van der Waals surface area contributed by atoms with Gasteiger partial charge in [-0.15, -0.1) is 0 Å². The number of H-pyrrole nitrogens is 1. The highest BCUT2D eigenvalue weighted by Crippen LogP contribution is 2.35. The van der Waals surface area contributed by atoms with Crippen molar-refractivity contribution in [1.82, 2.24) is 10.3 Å². The second-order valence-electron chi connectivity index (χ2n) is 5.61. The number of carbonyl (C=O) groups is 1. The van der Waals surface area contributed by atoms with E-state index in [1.54, 1.807) is 0 Å². The minimum atomic E-state index is -0.205. The molecule has 106 valence electrons. The van der Waals surface area contributed by atoms with Gasteiger partial charge in [0.1, 0.15) is 0 Å². The Labute approximate surface area is 132 Å². The van der Waals surface area contributed by atoms with Crippen LogP contribution in [0.1, 0.15) is 29.6 Å². The van der Waals surface area contributed by atoms with E-state index in [4.69, 9.17) is 0 Å². The lowest BCUT2D eigenvalue weighted by Gasteiger charge is -2.36. The number of benzene rings is 1. The van der Waals surface area contributed by atoms with E-state index in [1.807, 2.05) is 30.5 Å². The number of Topliss-reactive ketones (excluding diaryl/α,β-unsaturated/α-hetero) is 1. The molecule has 3 rings (SSSR count). The fourth-order valence-electron chi connectivity index (χ4n) is 3.17. The third-order valence-electron chi connectivity index (χ3n) is 4.34. The van der Waals surface area contributed by atoms with E-state index in [2.05, 4.69) is 32.9 Å². The van der Waals surface area contributed by atoms with Crippen molar-refractivity contribution in [2.75, 3.05) is 17.5 Å². The van der Waals surface area contributed by atoms with Crippen molar-refractivity contribution in [2.24, 2.45) is 5.41 Å². The average Bonchev–Trinajstić information content (AvgIpc) is 2.95. The minimum absolute atomic E-state index is 0.205. The number of hydrogen-bond donors (Lipinski definition) is 2. The topological polar surface area (TPSA) is 44.9 Å². The number of fused-ring (bicyclic) bond motifs is 1. The van der Waals surface area contributed by atoms with Crippen molar-refractivity contribution in [2.45, 2.75) is 19.3 Å². The Morgan fingerprint density at radius 3 is 3.00 bits per heavy atom. The highest BCUT2D eigenvalue weighted by molar-refractivity contribution is 14.1. The number of aromatic amines is 1. The van der Waals surface area contributed by atoms with Crippen molar-refractivity contribution in [1.29, 1.82) is 0 Å². The van der Waals surface area contributed by atoms with Crippen LogP contribution in [0.25, 0.3) is 10.9 Å². The SMILES string of the molecule is O=C(c1ccc2[nH]ccc2c1)[C@]1(CCI)CCCNC1. The molecule has 1 fully saturated rings. The second kappa shape index (κ2) is 5.85. The molecule has 0 radical (unpaired) electrons. The van der Waals surface area contributed by atoms with Crippen LogP contribution >= 0.6 is 22.6 Å². The summed E-state index contributed by atoms with van der Waals surface area (Å²) in [6, 6.07) is 8.02. The zero-order valence-electron chi connectivity index (χ0n) is 11.4. The van der Waals surface area contributed by atoms with Crippen LogP contribution in [0, 0.1) is 5.41 Å². The van der Waals surface area contributed by atoms with Crippen LogP contribution in [-0.4, -0.2) is 28.3 Å². The van der Waals surface area contributed by atoms with Crippen molar-refractivity contribution in [3.05, 3.63) is 36.0 Å². The summed E-state index contributed by atoms with van der Waals surface area (Å²) < 4.78 is 1.03. The first-order valence-corrected chi connectivity index (χ1v) is 8.66. The van der Waals surface area contributed by atoms with Gasteiger partial charge in [-0.1, -0.05) is 22.6 Å². The summed E-state index contributed by atoms with van der Waals surface area (Å²) in [5.74, 6) is 0.310. The van der Waals surface area contributed by atoms with Crippen LogP contribution in [-0.2, 0) is 0 Å². The van der Waals surface area contributed by atoms with Crippen LogP contribution in [0.3, 0.4) is 0 Å². The molecule has 3 nitrogen and oxygen atoms in total. The molecule has 0 spiro atoms. The van der Waals surface area contributed by atoms with Gasteiger partial charge in [0.2, 0.25) is 0 Å². The standard InChI is InChI=1S/C16H19IN2O/c17-7-6-16(5-1-8-18-11-16)15(20)13-2-3-14-12(10-13)4-9-19-14/h2-4,9-10,18-19H,1,5-8,11H2/t16-/m0/s1. The van der Waals surface area contributed by atoms with E-state index in [-0.39, 0.29) is 5.41 Å². The molecule has 20 heavy (non-hydrogen) atoms. The molecule has 1 aliphatic rings. The summed E-state index contributed by atoms with van der Waals surface area (Å²) in [7, 11) is 0. The predicted octanol–water partition coefficient (Wildman–Crippen LogP) is 3.55. The van der Waals surface area contributed by atoms with Gasteiger partial charge in [0, 0.05) is 39.1 Å². The first-order valence-electron chi connectivity index (χ1n) is 7.14. The molecular formula is C16H19IN2O. The lowest BCUT2D eigenvalue weighted by Crippen LogP contribution is -2.45. The van der Waals surface area contributed by atoms with Gasteiger partial charge in [0.05, 0.1) is 0 Å². The van der Waals surface area contributed by atoms with Crippen molar-refractivity contribution < 1.29 is 4.79 Å². The van der Waals surface area contributed by atoms with Crippen LogP contribution in [0.4, 0.5) is 0 Å². The van der Waals surface area contributed by atoms with E-state index in [9.17, 15) is 4.79 Å². The quantitative estimate of drug-likeness (QED) is 0.483. The molecule has 2 aromatic rings. The molecule has 2 N–H and O–H groups in total. The molecule has 2 heterocycles. The molecule has 1 aromatic carbocycles. The first-order chi connectivity index (χ1) is 9.75. The maximum Gasteiger partial charge on any atom is 0.170 e. The van der Waals surface area contributed by atoms with Gasteiger partial charge < -0.3 is 10.3 Å². The van der Waals surface area contributed by atoms with Crippen LogP contribution in [0.5, 0.6) is 0 Å². The number of halogens is 1. The average molecular weight is 382 g/mol. The molecule has 0 unspecified atom stereocenters. The van der Waals surface area contributed by atoms with Gasteiger partial charge in [-0.3, -0.25) is 4.79 Å². The molecule has 1 saturated heterocycles. The van der Waals surface area contributed by atoms with Crippen LogP contribution in [0.2, 0.25) is 0 Å². The number of ketones is 1. The van der Waals surface area contributed by atoms with E-state index in [0.29, 0.717) is 5.78 Å². The van der Waals surface area contributed by atoms with Gasteiger partial charge in [-0.05, 0) is 50.1 Å². The molecule has 0 bridgehead atoms. The summed E-state index contributed by atoms with van der Waals surface area (Å²) in [5.41, 5.74) is 1.74. The molecule has 0 amide bonds. The fourth-order valence-corrected chi connectivity index (χ4v) is 4.20. The highest BCUT2D eigenvalue weighted by atomic mass is 127. The van der Waals surface area contributed by atoms with E-state index in [1.165, 1.54) is 0 Å². The summed E-state index contributed by atoms with van der Waals surface area (Å²) >= 11 is 2.38. The number of aromatic nitrogens is 1. The zero-order valence-corrected chi connectivity index (χ0v) is 13.6. The zero-order chi connectivity index (χ0) is 14.0. The third kappa shape index (κ3) is 2.51. The number of alkyl halides is 1. The molecule has 1 aromatic heterocycles. The molecule has 1 atom stereocenters. The van der Waals surface area contributed by atoms with Gasteiger partial charge in [0.15, 0.2) is 5.78 Å². The summed E-state index contributed by atoms with van der Waals surface area (Å²) in [5, 5.41) is 4.53. The molecule has 4 heteroatoms. The van der Waals surface area contributed by atoms with Crippen LogP contribution in [0.15, 0.2) is 30.5 Å². The maximum absolute atomic E-state index is 13.0. The Balaban J connectivity index is 1.95. The summed E-state index contributed by atoms with van der Waals surface area (Å²) in [4.78, 5) is 16.2. The number of nitrogens with one attached hydrogen (secondary N) is 2. The molecule has 1 aliphatic heterocycles. The summed E-state index contributed by atoms with van der Waals surface area (Å²) in [6.45, 7) is 1.85. The Hall–Kier alpha value is -0.880. The Morgan fingerprint density at radius 1 is 1.35 bits per heavy atom. The lowest BCUT2D eigenvalue weighted by molar-refractivity contribution is 0.0734. The Kier molecular flexibility index (Phi) is 4.12. The molecular weight excluding hydrogens is 363 g/mol. The van der Waals surface area contributed by atoms with Gasteiger partial charge in [0.25, 0.3) is 0 Å². The second-order valence-corrected chi connectivity index (χ2v) is 6.69. The van der Waals surface area contributed by atoms with Crippen molar-refractivity contribution in [3.63, 3.8) is 0 Å². The van der Waals surface area contributed by atoms with Gasteiger partial charge in [-0.2, -0.15) is 0 Å². The number of piperidine rings is 1. The van der Waals surface area contributed by atoms with Crippen molar-refractivity contribution in [3.8, 4) is 0 Å². The Morgan fingerprint density at radius 2 is 2.25 bits per heavy atom. The molecule has 0 aliphatic carbocycles. The number of rotatable bonds is 4. The third-order valence-corrected chi connectivity index (χ3v) is 4.88. The monoisotopic (exact) mass is 382 g/mol. The van der Waals surface area contributed by atoms with E-state index < -0.39 is 0 Å². The van der Waals surface area contributed by atoms with E-state index in [0.717, 1.165) is 53.2 Å². The van der Waals surface area contributed by atoms with Crippen LogP contribution < -0.4 is 5.32 Å². The largest absolute Gasteiger partial charge is 0.361 e. The normalized spacial score (nSPS) is 23.1.